The van der Waals surface area contributed by atoms with Crippen LogP contribution in [-0.4, -0.2) is 29.1 Å². The van der Waals surface area contributed by atoms with E-state index < -0.39 is 0 Å². The molecule has 0 radical (unpaired) electrons. The fourth-order valence-electron chi connectivity index (χ4n) is 2.66. The zero-order valence-electron chi connectivity index (χ0n) is 16.2. The Kier molecular flexibility index (Phi) is 6.91. The molecule has 2 N–H and O–H groups in total. The van der Waals surface area contributed by atoms with Gasteiger partial charge in [-0.2, -0.15) is 0 Å². The summed E-state index contributed by atoms with van der Waals surface area (Å²) in [6, 6.07) is 16.7. The number of rotatable bonds is 8. The topological polar surface area (TPSA) is 93.2 Å². The Morgan fingerprint density at radius 2 is 1.79 bits per heavy atom. The molecule has 1 aromatic heterocycles. The van der Waals surface area contributed by atoms with Gasteiger partial charge in [0.1, 0.15) is 10.8 Å². The van der Waals surface area contributed by atoms with E-state index in [1.165, 1.54) is 11.3 Å². The Hall–Kier alpha value is -3.26. The van der Waals surface area contributed by atoms with Crippen LogP contribution in [0.5, 0.6) is 5.75 Å². The molecule has 1 atom stereocenters. The van der Waals surface area contributed by atoms with Crippen molar-refractivity contribution in [2.75, 3.05) is 12.4 Å². The van der Waals surface area contributed by atoms with E-state index in [0.29, 0.717) is 22.9 Å². The summed E-state index contributed by atoms with van der Waals surface area (Å²) < 4.78 is 5.09. The zero-order valence-corrected chi connectivity index (χ0v) is 17.0. The molecule has 1 unspecified atom stereocenters. The number of nitrogens with one attached hydrogen (secondary N) is 2. The molecular weight excluding hydrogens is 388 g/mol. The van der Waals surface area contributed by atoms with E-state index >= 15 is 0 Å². The number of carbonyl (C=O) groups excluding carboxylic acids is 2. The normalized spacial score (nSPS) is 11.5. The number of amides is 2. The maximum atomic E-state index is 12.3. The number of aryl methyl sites for hydroxylation is 1. The summed E-state index contributed by atoms with van der Waals surface area (Å²) in [5, 5.41) is 14.6. The van der Waals surface area contributed by atoms with E-state index in [-0.39, 0.29) is 29.3 Å². The highest BCUT2D eigenvalue weighted by Gasteiger charge is 2.15. The standard InChI is InChI=1S/C21H22N4O3S/c1-14(15-6-4-3-5-7-15)22-18(26)12-13-19-24-25-21(29-19)20(27)23-16-8-10-17(28-2)11-9-16/h3-11,14H,12-13H2,1-2H3,(H,22,26)(H,23,27). The number of benzene rings is 2. The Morgan fingerprint density at radius 1 is 1.07 bits per heavy atom. The van der Waals surface area contributed by atoms with E-state index in [2.05, 4.69) is 20.8 Å². The lowest BCUT2D eigenvalue weighted by molar-refractivity contribution is -0.121. The van der Waals surface area contributed by atoms with E-state index in [1.807, 2.05) is 37.3 Å². The van der Waals surface area contributed by atoms with Gasteiger partial charge in [0.05, 0.1) is 13.2 Å². The number of aromatic nitrogens is 2. The number of hydrogen-bond acceptors (Lipinski definition) is 6. The van der Waals surface area contributed by atoms with Gasteiger partial charge in [0.25, 0.3) is 5.91 Å². The molecule has 0 saturated carbocycles. The second kappa shape index (κ2) is 9.79. The summed E-state index contributed by atoms with van der Waals surface area (Å²) in [4.78, 5) is 24.5. The number of hydrogen-bond donors (Lipinski definition) is 2. The van der Waals surface area contributed by atoms with Gasteiger partial charge in [-0.25, -0.2) is 0 Å². The van der Waals surface area contributed by atoms with Crippen LogP contribution in [0, 0.1) is 0 Å². The summed E-state index contributed by atoms with van der Waals surface area (Å²) in [7, 11) is 1.58. The predicted molar refractivity (Wildman–Crippen MR) is 112 cm³/mol. The van der Waals surface area contributed by atoms with Crippen molar-refractivity contribution in [1.29, 1.82) is 0 Å². The summed E-state index contributed by atoms with van der Waals surface area (Å²) >= 11 is 1.19. The van der Waals surface area contributed by atoms with Crippen LogP contribution in [0.3, 0.4) is 0 Å². The molecule has 0 fully saturated rings. The lowest BCUT2D eigenvalue weighted by Crippen LogP contribution is -2.26. The van der Waals surface area contributed by atoms with Crippen molar-refractivity contribution < 1.29 is 14.3 Å². The van der Waals surface area contributed by atoms with E-state index in [1.54, 1.807) is 31.4 Å². The zero-order chi connectivity index (χ0) is 20.6. The fraction of sp³-hybridized carbons (Fsp3) is 0.238. The van der Waals surface area contributed by atoms with E-state index in [0.717, 1.165) is 5.56 Å². The Bertz CT molecular complexity index is 958. The first-order chi connectivity index (χ1) is 14.0. The van der Waals surface area contributed by atoms with Crippen molar-refractivity contribution in [1.82, 2.24) is 15.5 Å². The molecule has 0 spiro atoms. The minimum absolute atomic E-state index is 0.0658. The number of anilines is 1. The first kappa shape index (κ1) is 20.5. The van der Waals surface area contributed by atoms with Crippen LogP contribution < -0.4 is 15.4 Å². The number of methoxy groups -OCH3 is 1. The molecule has 0 bridgehead atoms. The summed E-state index contributed by atoms with van der Waals surface area (Å²) in [5.74, 6) is 0.308. The highest BCUT2D eigenvalue weighted by atomic mass is 32.1. The van der Waals surface area contributed by atoms with Crippen molar-refractivity contribution in [2.45, 2.75) is 25.8 Å². The molecule has 3 aromatic rings. The molecule has 1 heterocycles. The SMILES string of the molecule is COc1ccc(NC(=O)c2nnc(CCC(=O)NC(C)c3ccccc3)s2)cc1. The number of carbonyl (C=O) groups is 2. The van der Waals surface area contributed by atoms with Gasteiger partial charge in [-0.15, -0.1) is 10.2 Å². The van der Waals surface area contributed by atoms with Crippen LogP contribution in [0.1, 0.15) is 39.8 Å². The molecule has 0 aliphatic heterocycles. The highest BCUT2D eigenvalue weighted by molar-refractivity contribution is 7.13. The van der Waals surface area contributed by atoms with Crippen LogP contribution in [0.2, 0.25) is 0 Å². The summed E-state index contributed by atoms with van der Waals surface area (Å²) in [6.45, 7) is 1.94. The Labute approximate surface area is 173 Å². The molecule has 29 heavy (non-hydrogen) atoms. The predicted octanol–water partition coefficient (Wildman–Crippen LogP) is 3.61. The number of ether oxygens (including phenoxy) is 1. The quantitative estimate of drug-likeness (QED) is 0.592. The van der Waals surface area contributed by atoms with Gasteiger partial charge in [-0.1, -0.05) is 41.7 Å². The van der Waals surface area contributed by atoms with Crippen molar-refractivity contribution in [3.05, 3.63) is 70.2 Å². The van der Waals surface area contributed by atoms with E-state index in [9.17, 15) is 9.59 Å². The van der Waals surface area contributed by atoms with Crippen molar-refractivity contribution in [3.8, 4) is 5.75 Å². The molecule has 0 aliphatic rings. The molecule has 2 aromatic carbocycles. The molecule has 2 amide bonds. The monoisotopic (exact) mass is 410 g/mol. The van der Waals surface area contributed by atoms with Gasteiger partial charge < -0.3 is 15.4 Å². The van der Waals surface area contributed by atoms with E-state index in [4.69, 9.17) is 4.74 Å². The number of nitrogens with zero attached hydrogens (tertiary/aromatic N) is 2. The van der Waals surface area contributed by atoms with Gasteiger partial charge in [-0.05, 0) is 36.8 Å². The highest BCUT2D eigenvalue weighted by Crippen LogP contribution is 2.18. The average molecular weight is 410 g/mol. The van der Waals surface area contributed by atoms with Crippen LogP contribution in [0.15, 0.2) is 54.6 Å². The molecule has 8 heteroatoms. The summed E-state index contributed by atoms with van der Waals surface area (Å²) in [6.07, 6.45) is 0.715. The smallest absolute Gasteiger partial charge is 0.286 e. The van der Waals surface area contributed by atoms with Crippen LogP contribution in [-0.2, 0) is 11.2 Å². The lowest BCUT2D eigenvalue weighted by Gasteiger charge is -2.13. The van der Waals surface area contributed by atoms with Gasteiger partial charge in [0.2, 0.25) is 10.9 Å². The summed E-state index contributed by atoms with van der Waals surface area (Å²) in [5.41, 5.74) is 1.69. The molecular formula is C21H22N4O3S. The van der Waals surface area contributed by atoms with Gasteiger partial charge in [0, 0.05) is 18.5 Å². The molecule has 150 valence electrons. The van der Waals surface area contributed by atoms with Gasteiger partial charge in [-0.3, -0.25) is 9.59 Å². The first-order valence-corrected chi connectivity index (χ1v) is 9.99. The second-order valence-electron chi connectivity index (χ2n) is 6.38. The maximum Gasteiger partial charge on any atom is 0.286 e. The van der Waals surface area contributed by atoms with Gasteiger partial charge >= 0.3 is 0 Å². The molecule has 3 rings (SSSR count). The largest absolute Gasteiger partial charge is 0.497 e. The third kappa shape index (κ3) is 5.86. The second-order valence-corrected chi connectivity index (χ2v) is 7.45. The third-order valence-electron chi connectivity index (χ3n) is 4.25. The fourth-order valence-corrected chi connectivity index (χ4v) is 3.40. The van der Waals surface area contributed by atoms with Crippen LogP contribution in [0.4, 0.5) is 5.69 Å². The Balaban J connectivity index is 1.49. The molecule has 0 saturated heterocycles. The first-order valence-electron chi connectivity index (χ1n) is 9.17. The van der Waals surface area contributed by atoms with Crippen LogP contribution >= 0.6 is 11.3 Å². The Morgan fingerprint density at radius 3 is 2.48 bits per heavy atom. The lowest BCUT2D eigenvalue weighted by atomic mass is 10.1. The van der Waals surface area contributed by atoms with Gasteiger partial charge in [0.15, 0.2) is 0 Å². The third-order valence-corrected chi connectivity index (χ3v) is 5.23. The van der Waals surface area contributed by atoms with Crippen molar-refractivity contribution >= 4 is 28.8 Å². The average Bonchev–Trinajstić information content (AvgIpc) is 3.23. The molecule has 7 nitrogen and oxygen atoms in total. The van der Waals surface area contributed by atoms with Crippen LogP contribution in [0.25, 0.3) is 0 Å². The minimum atomic E-state index is -0.332. The molecule has 0 aliphatic carbocycles. The minimum Gasteiger partial charge on any atom is -0.497 e. The van der Waals surface area contributed by atoms with Crippen molar-refractivity contribution in [3.63, 3.8) is 0 Å². The maximum absolute atomic E-state index is 12.3. The van der Waals surface area contributed by atoms with Crippen molar-refractivity contribution in [2.24, 2.45) is 0 Å².